The van der Waals surface area contributed by atoms with Gasteiger partial charge in [0.1, 0.15) is 5.15 Å². The third-order valence-electron chi connectivity index (χ3n) is 10.5. The number of pyridine rings is 2. The van der Waals surface area contributed by atoms with Crippen molar-refractivity contribution in [3.05, 3.63) is 253 Å². The summed E-state index contributed by atoms with van der Waals surface area (Å²) in [6.07, 6.45) is 3.55. The van der Waals surface area contributed by atoms with Crippen LogP contribution in [0.2, 0.25) is 5.15 Å². The van der Waals surface area contributed by atoms with E-state index >= 15 is 0 Å². The molecule has 4 nitrogen and oxygen atoms in total. The van der Waals surface area contributed by atoms with E-state index in [9.17, 15) is 9.13 Å². The van der Waals surface area contributed by atoms with Gasteiger partial charge >= 0.3 is 0 Å². The number of benzene rings is 8. The molecule has 0 radical (unpaired) electrons. The van der Waals surface area contributed by atoms with Gasteiger partial charge in [0.2, 0.25) is 0 Å². The van der Waals surface area contributed by atoms with Crippen LogP contribution >= 0.6 is 41.8 Å². The van der Waals surface area contributed by atoms with Crippen molar-refractivity contribution >= 4 is 95.2 Å². The second kappa shape index (κ2) is 22.8. The quantitative estimate of drug-likeness (QED) is 0.118. The van der Waals surface area contributed by atoms with Crippen LogP contribution in [0.15, 0.2) is 247 Å². The molecule has 2 heterocycles. The summed E-state index contributed by atoms with van der Waals surface area (Å²) in [6, 6.07) is 74.8. The Hall–Kier alpha value is -6.19. The summed E-state index contributed by atoms with van der Waals surface area (Å²) in [7, 11) is -5.77. The Balaban J connectivity index is 0.000000155. The van der Waals surface area contributed by atoms with Crippen LogP contribution in [0, 0.1) is 5.92 Å². The molecule has 0 amide bonds. The van der Waals surface area contributed by atoms with Crippen molar-refractivity contribution in [2.75, 3.05) is 0 Å². The third-order valence-corrected chi connectivity index (χ3v) is 17.5. The molecule has 0 unspecified atom stereocenters. The van der Waals surface area contributed by atoms with Crippen LogP contribution in [-0.2, 0) is 9.13 Å². The molecule has 0 spiro atoms. The molecule has 0 aliphatic heterocycles. The molecule has 2 aromatic heterocycles. The van der Waals surface area contributed by atoms with Crippen LogP contribution in [-0.4, -0.2) is 9.97 Å². The maximum atomic E-state index is 14.5. The standard InChI is InChI=1S/C27H20NOP.C18H14BrOP.C9H6ClN.C4H10/c29-30(23-10-3-1-4-11-23,24-12-5-2-6-13-24)25-17-15-22(16-18-25)27-26-14-8-7-9-21(26)19-20-28-27;19-15-11-13-18(14-12-15)21(20,16-7-3-1-4-8-16)17-9-5-2-6-10-17;10-9-8-4-2-1-3-7(8)5-6-11-9;1-4(2)3/h1-20H;1-14H;1-6H;4H,1-3H3. The SMILES string of the molecule is CC(C)C.Clc1nccc2ccccc12.O=P(c1ccccc1)(c1ccccc1)c1ccc(-c2nccc3ccccc23)cc1.O=P(c1ccccc1)(c1ccccc1)c1ccc(Br)cc1. The molecular formula is C58H50BrClN2O2P2. The first kappa shape index (κ1) is 47.8. The predicted molar refractivity (Wildman–Crippen MR) is 287 cm³/mol. The lowest BCUT2D eigenvalue weighted by molar-refractivity contribution is 0.591. The first-order chi connectivity index (χ1) is 32.1. The summed E-state index contributed by atoms with van der Waals surface area (Å²) in [5.74, 6) is 0.833. The Morgan fingerprint density at radius 1 is 0.394 bits per heavy atom. The summed E-state index contributed by atoms with van der Waals surface area (Å²) in [5, 5.41) is 10.1. The molecular weight excluding hydrogens is 934 g/mol. The predicted octanol–water partition coefficient (Wildman–Crippen LogP) is 14.2. The Bertz CT molecular complexity index is 3090. The number of fused-ring (bicyclic) bond motifs is 2. The van der Waals surface area contributed by atoms with Crippen LogP contribution in [0.4, 0.5) is 0 Å². The van der Waals surface area contributed by atoms with Gasteiger partial charge in [0, 0.05) is 65.0 Å². The van der Waals surface area contributed by atoms with Crippen molar-refractivity contribution in [1.29, 1.82) is 0 Å². The fourth-order valence-electron chi connectivity index (χ4n) is 7.36. The van der Waals surface area contributed by atoms with E-state index in [4.69, 9.17) is 11.6 Å². The molecule has 0 aliphatic rings. The molecule has 10 rings (SSSR count). The Labute approximate surface area is 402 Å². The maximum Gasteiger partial charge on any atom is 0.171 e. The highest BCUT2D eigenvalue weighted by Gasteiger charge is 2.30. The highest BCUT2D eigenvalue weighted by Crippen LogP contribution is 2.43. The molecule has 66 heavy (non-hydrogen) atoms. The zero-order chi connectivity index (χ0) is 46.4. The Kier molecular flexibility index (Phi) is 16.5. The summed E-state index contributed by atoms with van der Waals surface area (Å²) in [4.78, 5) is 8.59. The number of nitrogens with zero attached hydrogens (tertiary/aromatic N) is 2. The van der Waals surface area contributed by atoms with Gasteiger partial charge in [-0.05, 0) is 53.1 Å². The molecule has 0 atom stereocenters. The lowest BCUT2D eigenvalue weighted by Crippen LogP contribution is -2.24. The van der Waals surface area contributed by atoms with Crippen molar-refractivity contribution in [2.45, 2.75) is 20.8 Å². The van der Waals surface area contributed by atoms with E-state index in [2.05, 4.69) is 58.8 Å². The van der Waals surface area contributed by atoms with E-state index in [1.807, 2.05) is 225 Å². The zero-order valence-corrected chi connectivity index (χ0v) is 41.2. The fourth-order valence-corrected chi connectivity index (χ4v) is 13.1. The lowest BCUT2D eigenvalue weighted by atomic mass is 10.0. The minimum Gasteiger partial charge on any atom is -0.309 e. The van der Waals surface area contributed by atoms with Crippen LogP contribution in [0.3, 0.4) is 0 Å². The highest BCUT2D eigenvalue weighted by molar-refractivity contribution is 9.10. The average Bonchev–Trinajstić information content (AvgIpc) is 3.37. The molecule has 8 aromatic carbocycles. The van der Waals surface area contributed by atoms with Crippen LogP contribution in [0.1, 0.15) is 20.8 Å². The van der Waals surface area contributed by atoms with E-state index in [1.165, 1.54) is 0 Å². The summed E-state index contributed by atoms with van der Waals surface area (Å²) in [5.41, 5.74) is 1.96. The second-order valence-electron chi connectivity index (χ2n) is 16.0. The van der Waals surface area contributed by atoms with Gasteiger partial charge in [-0.25, -0.2) is 4.98 Å². The Morgan fingerprint density at radius 2 is 0.712 bits per heavy atom. The van der Waals surface area contributed by atoms with Gasteiger partial charge in [-0.3, -0.25) is 4.98 Å². The molecule has 0 bridgehead atoms. The first-order valence-corrected chi connectivity index (χ1v) is 26.3. The van der Waals surface area contributed by atoms with E-state index in [0.29, 0.717) is 5.15 Å². The van der Waals surface area contributed by atoms with E-state index < -0.39 is 14.3 Å². The van der Waals surface area contributed by atoms with E-state index in [-0.39, 0.29) is 0 Å². The van der Waals surface area contributed by atoms with Crippen LogP contribution in [0.5, 0.6) is 0 Å². The van der Waals surface area contributed by atoms with Gasteiger partial charge < -0.3 is 9.13 Å². The van der Waals surface area contributed by atoms with Crippen molar-refractivity contribution in [2.24, 2.45) is 5.92 Å². The zero-order valence-electron chi connectivity index (χ0n) is 37.0. The van der Waals surface area contributed by atoms with Gasteiger partial charge in [0.05, 0.1) is 5.69 Å². The lowest BCUT2D eigenvalue weighted by Gasteiger charge is -2.20. The van der Waals surface area contributed by atoms with Gasteiger partial charge in [-0.1, -0.05) is 242 Å². The van der Waals surface area contributed by atoms with Crippen LogP contribution in [0.25, 0.3) is 32.8 Å². The van der Waals surface area contributed by atoms with Crippen molar-refractivity contribution in [1.82, 2.24) is 9.97 Å². The van der Waals surface area contributed by atoms with Gasteiger partial charge in [-0.2, -0.15) is 0 Å². The molecule has 8 heteroatoms. The number of hydrogen-bond acceptors (Lipinski definition) is 4. The van der Waals surface area contributed by atoms with E-state index in [1.54, 1.807) is 6.20 Å². The first-order valence-electron chi connectivity index (χ1n) is 21.7. The average molecular weight is 984 g/mol. The number of halogens is 2. The normalized spacial score (nSPS) is 11.1. The van der Waals surface area contributed by atoms with Gasteiger partial charge in [-0.15, -0.1) is 0 Å². The van der Waals surface area contributed by atoms with Gasteiger partial charge in [0.15, 0.2) is 14.3 Å². The summed E-state index contributed by atoms with van der Waals surface area (Å²) < 4.78 is 29.4. The number of hydrogen-bond donors (Lipinski definition) is 0. The largest absolute Gasteiger partial charge is 0.309 e. The number of rotatable bonds is 7. The molecule has 10 aromatic rings. The minimum absolute atomic E-state index is 0.572. The fraction of sp³-hybridized carbons (Fsp3) is 0.0690. The molecule has 0 N–H and O–H groups in total. The molecule has 328 valence electrons. The third kappa shape index (κ3) is 11.4. The van der Waals surface area contributed by atoms with Crippen molar-refractivity contribution < 1.29 is 9.13 Å². The van der Waals surface area contributed by atoms with E-state index in [0.717, 1.165) is 75.0 Å². The van der Waals surface area contributed by atoms with Crippen molar-refractivity contribution in [3.8, 4) is 11.3 Å². The molecule has 0 aliphatic carbocycles. The summed E-state index contributed by atoms with van der Waals surface area (Å²) >= 11 is 9.28. The highest BCUT2D eigenvalue weighted by atomic mass is 79.9. The Morgan fingerprint density at radius 3 is 1.12 bits per heavy atom. The second-order valence-corrected chi connectivity index (χ2v) is 22.8. The van der Waals surface area contributed by atoms with Crippen LogP contribution < -0.4 is 31.8 Å². The summed E-state index contributed by atoms with van der Waals surface area (Å²) in [6.45, 7) is 6.50. The topological polar surface area (TPSA) is 59.9 Å². The molecule has 0 saturated heterocycles. The van der Waals surface area contributed by atoms with Gasteiger partial charge in [0.25, 0.3) is 0 Å². The minimum atomic E-state index is -2.96. The maximum absolute atomic E-state index is 14.5. The monoisotopic (exact) mass is 982 g/mol. The smallest absolute Gasteiger partial charge is 0.171 e. The number of aromatic nitrogens is 2. The molecule has 0 saturated carbocycles. The van der Waals surface area contributed by atoms with Crippen molar-refractivity contribution in [3.63, 3.8) is 0 Å². The molecule has 0 fully saturated rings.